The van der Waals surface area contributed by atoms with E-state index in [4.69, 9.17) is 10.8 Å². The van der Waals surface area contributed by atoms with Crippen molar-refractivity contribution in [2.75, 3.05) is 17.8 Å². The Morgan fingerprint density at radius 1 is 1.62 bits per heavy atom. The summed E-state index contributed by atoms with van der Waals surface area (Å²) in [7, 11) is 0. The molecule has 0 aromatic carbocycles. The molecule has 2 atom stereocenters. The minimum atomic E-state index is -0.998. The molecule has 16 heavy (non-hydrogen) atoms. The van der Waals surface area contributed by atoms with E-state index in [-0.39, 0.29) is 10.4 Å². The predicted octanol–water partition coefficient (Wildman–Crippen LogP) is -0.815. The van der Waals surface area contributed by atoms with E-state index < -0.39 is 33.2 Å². The van der Waals surface area contributed by atoms with Crippen molar-refractivity contribution in [2.24, 2.45) is 5.73 Å². The second kappa shape index (κ2) is 9.32. The third-order valence-corrected chi connectivity index (χ3v) is 4.63. The molecule has 0 saturated carbocycles. The Balaban J connectivity index is 3.91. The van der Waals surface area contributed by atoms with Crippen molar-refractivity contribution in [3.63, 3.8) is 0 Å². The molecule has 5 nitrogen and oxygen atoms in total. The minimum absolute atomic E-state index is 0.102. The Hall–Kier alpha value is 0.279. The van der Waals surface area contributed by atoms with Crippen LogP contribution in [0.3, 0.4) is 0 Å². The number of carboxylic acid groups (broad SMARTS) is 1. The third-order valence-electron chi connectivity index (χ3n) is 1.72. The van der Waals surface area contributed by atoms with Crippen LogP contribution in [0.2, 0.25) is 0 Å². The summed E-state index contributed by atoms with van der Waals surface area (Å²) in [5.74, 6) is -0.00940. The standard InChI is InChI=1S/C8H16N2O3S2Se/c1-15-3-2-5(9)8(13)16-10-6(4-14)7(11)12/h5-6,10,14H,2-4,9H2,1H3,(H,11,12)/t5-,6-/m0/s1. The first kappa shape index (κ1) is 16.3. The van der Waals surface area contributed by atoms with Gasteiger partial charge < -0.3 is 0 Å². The van der Waals surface area contributed by atoms with Gasteiger partial charge in [0.1, 0.15) is 0 Å². The van der Waals surface area contributed by atoms with Gasteiger partial charge in [0, 0.05) is 0 Å². The van der Waals surface area contributed by atoms with E-state index in [9.17, 15) is 9.59 Å². The molecule has 0 unspecified atom stereocenters. The van der Waals surface area contributed by atoms with Gasteiger partial charge in [-0.2, -0.15) is 0 Å². The van der Waals surface area contributed by atoms with E-state index in [1.807, 2.05) is 6.26 Å². The van der Waals surface area contributed by atoms with Crippen LogP contribution in [0.5, 0.6) is 0 Å². The van der Waals surface area contributed by atoms with Crippen LogP contribution >= 0.6 is 24.4 Å². The Morgan fingerprint density at radius 2 is 2.25 bits per heavy atom. The van der Waals surface area contributed by atoms with Crippen LogP contribution in [-0.4, -0.2) is 60.8 Å². The first-order valence-corrected chi connectivity index (χ1v) is 8.31. The number of hydrogen-bond donors (Lipinski definition) is 4. The van der Waals surface area contributed by atoms with E-state index in [1.54, 1.807) is 11.8 Å². The van der Waals surface area contributed by atoms with Crippen molar-refractivity contribution in [3.05, 3.63) is 0 Å². The Morgan fingerprint density at radius 3 is 2.69 bits per heavy atom. The average molecular weight is 331 g/mol. The molecule has 4 N–H and O–H groups in total. The van der Waals surface area contributed by atoms with Crippen molar-refractivity contribution in [1.29, 1.82) is 0 Å². The molecule has 0 amide bonds. The number of nitrogens with one attached hydrogen (secondary N) is 1. The fraction of sp³-hybridized carbons (Fsp3) is 0.750. The van der Waals surface area contributed by atoms with E-state index >= 15 is 0 Å². The van der Waals surface area contributed by atoms with Crippen LogP contribution < -0.4 is 10.1 Å². The number of nitrogens with two attached hydrogens (primary N) is 1. The van der Waals surface area contributed by atoms with E-state index in [0.29, 0.717) is 6.42 Å². The maximum absolute atomic E-state index is 11.5. The molecule has 0 radical (unpaired) electrons. The van der Waals surface area contributed by atoms with Crippen LogP contribution in [0.1, 0.15) is 6.42 Å². The van der Waals surface area contributed by atoms with Crippen molar-refractivity contribution < 1.29 is 14.7 Å². The van der Waals surface area contributed by atoms with Gasteiger partial charge in [-0.15, -0.1) is 0 Å². The monoisotopic (exact) mass is 332 g/mol. The number of carbonyl (C=O) groups is 2. The summed E-state index contributed by atoms with van der Waals surface area (Å²) in [5.41, 5.74) is 5.65. The third kappa shape index (κ3) is 6.77. The van der Waals surface area contributed by atoms with Gasteiger partial charge in [0.25, 0.3) is 0 Å². The van der Waals surface area contributed by atoms with Gasteiger partial charge in [0.2, 0.25) is 0 Å². The van der Waals surface area contributed by atoms with Gasteiger partial charge >= 0.3 is 111 Å². The number of rotatable bonds is 9. The van der Waals surface area contributed by atoms with Crippen molar-refractivity contribution in [2.45, 2.75) is 18.5 Å². The van der Waals surface area contributed by atoms with Crippen LogP contribution in [0.15, 0.2) is 0 Å². The molecule has 0 aliphatic rings. The van der Waals surface area contributed by atoms with E-state index in [1.165, 1.54) is 0 Å². The summed E-state index contributed by atoms with van der Waals surface area (Å²) in [6, 6.07) is -1.27. The van der Waals surface area contributed by atoms with Crippen LogP contribution in [-0.2, 0) is 9.59 Å². The Kier molecular flexibility index (Phi) is 9.49. The van der Waals surface area contributed by atoms with Crippen molar-refractivity contribution in [3.8, 4) is 0 Å². The molecule has 0 bridgehead atoms. The summed E-state index contributed by atoms with van der Waals surface area (Å²) in [4.78, 5) is 22.1. The summed E-state index contributed by atoms with van der Waals surface area (Å²) in [6.45, 7) is 0. The molecule has 0 aromatic heterocycles. The fourth-order valence-corrected chi connectivity index (χ4v) is 3.24. The molecule has 0 spiro atoms. The molecule has 0 rings (SSSR count). The van der Waals surface area contributed by atoms with Crippen molar-refractivity contribution in [1.82, 2.24) is 4.33 Å². The zero-order chi connectivity index (χ0) is 12.6. The SMILES string of the molecule is CSCC[C@H](N)C(=O)[Se]N[C@@H](CS)C(=O)O. The number of thioether (sulfide) groups is 1. The van der Waals surface area contributed by atoms with Gasteiger partial charge in [0.15, 0.2) is 0 Å². The predicted molar refractivity (Wildman–Crippen MR) is 70.1 cm³/mol. The van der Waals surface area contributed by atoms with Gasteiger partial charge in [-0.3, -0.25) is 0 Å². The number of thiol groups is 1. The van der Waals surface area contributed by atoms with Crippen LogP contribution in [0.4, 0.5) is 0 Å². The first-order valence-electron chi connectivity index (χ1n) is 4.57. The molecule has 8 heteroatoms. The molecule has 0 fully saturated rings. The zero-order valence-corrected chi connectivity index (χ0v) is 12.3. The molecule has 94 valence electrons. The summed E-state index contributed by atoms with van der Waals surface area (Å²) >= 11 is 4.92. The molecule has 0 aliphatic carbocycles. The Bertz CT molecular complexity index is 243. The molecule has 0 heterocycles. The normalized spacial score (nSPS) is 14.4. The van der Waals surface area contributed by atoms with Gasteiger partial charge in [0.05, 0.1) is 0 Å². The van der Waals surface area contributed by atoms with Gasteiger partial charge in [-0.05, 0) is 0 Å². The molecular weight excluding hydrogens is 315 g/mol. The van der Waals surface area contributed by atoms with E-state index in [2.05, 4.69) is 17.0 Å². The van der Waals surface area contributed by atoms with Crippen molar-refractivity contribution >= 4 is 50.2 Å². The average Bonchev–Trinajstić information content (AvgIpc) is 2.25. The van der Waals surface area contributed by atoms with E-state index in [0.717, 1.165) is 5.75 Å². The summed E-state index contributed by atoms with van der Waals surface area (Å²) in [5, 5.41) is 8.72. The van der Waals surface area contributed by atoms with Crippen LogP contribution in [0, 0.1) is 0 Å². The molecule has 0 aromatic rings. The summed E-state index contributed by atoms with van der Waals surface area (Å²) < 4.78 is 2.57. The fourth-order valence-electron chi connectivity index (χ4n) is 0.733. The van der Waals surface area contributed by atoms with Gasteiger partial charge in [-0.25, -0.2) is 0 Å². The second-order valence-corrected chi connectivity index (χ2v) is 6.12. The molecular formula is C8H16N2O3S2Se. The molecule has 0 saturated heterocycles. The molecule has 0 aliphatic heterocycles. The topological polar surface area (TPSA) is 92.4 Å². The number of hydrogen-bond acceptors (Lipinski definition) is 6. The Labute approximate surface area is 111 Å². The zero-order valence-electron chi connectivity index (χ0n) is 8.88. The van der Waals surface area contributed by atoms with Gasteiger partial charge in [-0.1, -0.05) is 0 Å². The number of carboxylic acids is 1. The quantitative estimate of drug-likeness (QED) is 0.326. The number of carbonyl (C=O) groups excluding carboxylic acids is 1. The summed E-state index contributed by atoms with van der Waals surface area (Å²) in [6.07, 6.45) is 2.57. The number of aliphatic carboxylic acids is 1. The maximum atomic E-state index is 11.5. The first-order chi connectivity index (χ1) is 7.52. The van der Waals surface area contributed by atoms with Crippen LogP contribution in [0.25, 0.3) is 0 Å². The second-order valence-electron chi connectivity index (χ2n) is 3.00.